The van der Waals surface area contributed by atoms with Crippen molar-refractivity contribution >= 4 is 12.0 Å². The lowest BCUT2D eigenvalue weighted by Gasteiger charge is -1.99. The molecule has 60 valence electrons. The van der Waals surface area contributed by atoms with Gasteiger partial charge in [-0.2, -0.15) is 0 Å². The van der Waals surface area contributed by atoms with E-state index in [1.807, 2.05) is 18.2 Å². The summed E-state index contributed by atoms with van der Waals surface area (Å²) in [6.45, 7) is 2.79. The van der Waals surface area contributed by atoms with Crippen LogP contribution in [0.2, 0.25) is 0 Å². The van der Waals surface area contributed by atoms with E-state index in [0.29, 0.717) is 6.61 Å². The van der Waals surface area contributed by atoms with E-state index in [0.717, 1.165) is 5.75 Å². The smallest absolute Gasteiger partial charge is 0.0864 e. The predicted molar refractivity (Wildman–Crippen MR) is 49.4 cm³/mol. The molecule has 0 spiro atoms. The van der Waals surface area contributed by atoms with Gasteiger partial charge in [-0.05, 0) is 17.6 Å². The first kappa shape index (κ1) is 8.62. The summed E-state index contributed by atoms with van der Waals surface area (Å²) in [6, 6.07) is 10.2. The topological polar surface area (TPSA) is 9.23 Å². The third-order valence-electron chi connectivity index (χ3n) is 1.27. The van der Waals surface area contributed by atoms with Crippen molar-refractivity contribution in [2.75, 3.05) is 5.75 Å². The summed E-state index contributed by atoms with van der Waals surface area (Å²) in [7, 11) is 0. The maximum atomic E-state index is 5.29. The summed E-state index contributed by atoms with van der Waals surface area (Å²) in [4.78, 5) is 0. The molecule has 0 aliphatic rings. The predicted octanol–water partition coefficient (Wildman–Crippen LogP) is 2.87. The van der Waals surface area contributed by atoms with Crippen molar-refractivity contribution in [3.8, 4) is 0 Å². The molecule has 1 rings (SSSR count). The summed E-state index contributed by atoms with van der Waals surface area (Å²) < 4.78 is 5.29. The van der Waals surface area contributed by atoms with Gasteiger partial charge in [-0.3, -0.25) is 0 Å². The number of hydrogen-bond donors (Lipinski definition) is 0. The van der Waals surface area contributed by atoms with Gasteiger partial charge in [-0.1, -0.05) is 37.3 Å². The highest BCUT2D eigenvalue weighted by atomic mass is 32.2. The van der Waals surface area contributed by atoms with Gasteiger partial charge in [-0.25, -0.2) is 0 Å². The molecule has 0 saturated heterocycles. The molecule has 0 aromatic heterocycles. The van der Waals surface area contributed by atoms with Crippen LogP contribution in [-0.4, -0.2) is 5.75 Å². The van der Waals surface area contributed by atoms with Crippen LogP contribution < -0.4 is 0 Å². The third-order valence-corrected chi connectivity index (χ3v) is 1.79. The minimum Gasteiger partial charge on any atom is -0.311 e. The van der Waals surface area contributed by atoms with Gasteiger partial charge in [0.25, 0.3) is 0 Å². The van der Waals surface area contributed by atoms with E-state index in [1.54, 1.807) is 0 Å². The van der Waals surface area contributed by atoms with Gasteiger partial charge in [-0.15, -0.1) is 0 Å². The fourth-order valence-corrected chi connectivity index (χ4v) is 1.15. The Labute approximate surface area is 72.0 Å². The van der Waals surface area contributed by atoms with Crippen LogP contribution in [0.5, 0.6) is 0 Å². The fraction of sp³-hybridized carbons (Fsp3) is 0.333. The molecule has 0 aliphatic heterocycles. The minimum atomic E-state index is 0.708. The molecule has 0 saturated carbocycles. The SMILES string of the molecule is CCSOCc1ccccc1. The minimum absolute atomic E-state index is 0.708. The molecule has 0 fully saturated rings. The van der Waals surface area contributed by atoms with E-state index >= 15 is 0 Å². The quantitative estimate of drug-likeness (QED) is 0.505. The first-order chi connectivity index (χ1) is 5.43. The van der Waals surface area contributed by atoms with Crippen molar-refractivity contribution in [3.63, 3.8) is 0 Å². The van der Waals surface area contributed by atoms with Crippen molar-refractivity contribution in [2.24, 2.45) is 0 Å². The molecule has 1 aromatic rings. The van der Waals surface area contributed by atoms with Gasteiger partial charge < -0.3 is 4.18 Å². The zero-order valence-corrected chi connectivity index (χ0v) is 7.43. The zero-order chi connectivity index (χ0) is 7.94. The average molecular weight is 168 g/mol. The van der Waals surface area contributed by atoms with Crippen molar-refractivity contribution < 1.29 is 4.18 Å². The second-order valence-electron chi connectivity index (χ2n) is 2.15. The Morgan fingerprint density at radius 2 is 2.00 bits per heavy atom. The molecule has 2 heteroatoms. The van der Waals surface area contributed by atoms with E-state index in [9.17, 15) is 0 Å². The molecular formula is C9H12OS. The van der Waals surface area contributed by atoms with Crippen LogP contribution in [0.4, 0.5) is 0 Å². The van der Waals surface area contributed by atoms with Crippen LogP contribution in [0.15, 0.2) is 30.3 Å². The standard InChI is InChI=1S/C9H12OS/c1-2-11-10-8-9-6-4-3-5-7-9/h3-7H,2,8H2,1H3. The lowest BCUT2D eigenvalue weighted by molar-refractivity contribution is 0.364. The lowest BCUT2D eigenvalue weighted by Crippen LogP contribution is -1.84. The summed E-state index contributed by atoms with van der Waals surface area (Å²) in [5.41, 5.74) is 1.23. The Hall–Kier alpha value is -0.470. The molecule has 0 amide bonds. The average Bonchev–Trinajstić information content (AvgIpc) is 2.07. The van der Waals surface area contributed by atoms with E-state index in [4.69, 9.17) is 4.18 Å². The van der Waals surface area contributed by atoms with Crippen LogP contribution in [0.1, 0.15) is 12.5 Å². The highest BCUT2D eigenvalue weighted by molar-refractivity contribution is 7.94. The van der Waals surface area contributed by atoms with Crippen molar-refractivity contribution in [1.82, 2.24) is 0 Å². The molecule has 1 aromatic carbocycles. The molecular weight excluding hydrogens is 156 g/mol. The maximum Gasteiger partial charge on any atom is 0.0864 e. The largest absolute Gasteiger partial charge is 0.311 e. The summed E-state index contributed by atoms with van der Waals surface area (Å²) >= 11 is 1.50. The Bertz CT molecular complexity index is 186. The molecule has 0 atom stereocenters. The number of hydrogen-bond acceptors (Lipinski definition) is 2. The Balaban J connectivity index is 2.28. The van der Waals surface area contributed by atoms with Crippen molar-refractivity contribution in [2.45, 2.75) is 13.5 Å². The highest BCUT2D eigenvalue weighted by Crippen LogP contribution is 2.07. The first-order valence-electron chi connectivity index (χ1n) is 3.72. The number of rotatable bonds is 4. The normalized spacial score (nSPS) is 9.91. The third kappa shape index (κ3) is 3.44. The van der Waals surface area contributed by atoms with E-state index in [2.05, 4.69) is 19.1 Å². The van der Waals surface area contributed by atoms with E-state index in [1.165, 1.54) is 17.6 Å². The van der Waals surface area contributed by atoms with Crippen LogP contribution in [0, 0.1) is 0 Å². The molecule has 0 heterocycles. The molecule has 11 heavy (non-hydrogen) atoms. The fourth-order valence-electron chi connectivity index (χ4n) is 0.767. The zero-order valence-electron chi connectivity index (χ0n) is 6.62. The van der Waals surface area contributed by atoms with Crippen LogP contribution in [-0.2, 0) is 10.8 Å². The summed E-state index contributed by atoms with van der Waals surface area (Å²) in [6.07, 6.45) is 0. The summed E-state index contributed by atoms with van der Waals surface area (Å²) in [5.74, 6) is 1.01. The Kier molecular flexibility index (Phi) is 4.09. The second kappa shape index (κ2) is 5.22. The number of benzene rings is 1. The van der Waals surface area contributed by atoms with Gasteiger partial charge in [0.2, 0.25) is 0 Å². The Morgan fingerprint density at radius 3 is 2.64 bits per heavy atom. The lowest BCUT2D eigenvalue weighted by atomic mass is 10.2. The molecule has 0 unspecified atom stereocenters. The van der Waals surface area contributed by atoms with Crippen LogP contribution >= 0.6 is 12.0 Å². The van der Waals surface area contributed by atoms with Crippen molar-refractivity contribution in [3.05, 3.63) is 35.9 Å². The molecule has 0 radical (unpaired) electrons. The second-order valence-corrected chi connectivity index (χ2v) is 3.20. The molecule has 0 N–H and O–H groups in total. The Morgan fingerprint density at radius 1 is 1.27 bits per heavy atom. The van der Waals surface area contributed by atoms with Crippen LogP contribution in [0.25, 0.3) is 0 Å². The highest BCUT2D eigenvalue weighted by Gasteiger charge is 1.89. The molecule has 1 nitrogen and oxygen atoms in total. The van der Waals surface area contributed by atoms with Gasteiger partial charge in [0.05, 0.1) is 6.61 Å². The van der Waals surface area contributed by atoms with Gasteiger partial charge in [0.1, 0.15) is 0 Å². The van der Waals surface area contributed by atoms with Crippen molar-refractivity contribution in [1.29, 1.82) is 0 Å². The molecule has 0 bridgehead atoms. The maximum absolute atomic E-state index is 5.29. The first-order valence-corrected chi connectivity index (χ1v) is 4.63. The van der Waals surface area contributed by atoms with Gasteiger partial charge in [0, 0.05) is 5.75 Å². The van der Waals surface area contributed by atoms with E-state index in [-0.39, 0.29) is 0 Å². The monoisotopic (exact) mass is 168 g/mol. The van der Waals surface area contributed by atoms with Gasteiger partial charge >= 0.3 is 0 Å². The van der Waals surface area contributed by atoms with Gasteiger partial charge in [0.15, 0.2) is 0 Å². The molecule has 0 aliphatic carbocycles. The van der Waals surface area contributed by atoms with Crippen LogP contribution in [0.3, 0.4) is 0 Å². The van der Waals surface area contributed by atoms with E-state index < -0.39 is 0 Å². The summed E-state index contributed by atoms with van der Waals surface area (Å²) in [5, 5.41) is 0.